The Kier molecular flexibility index (Phi) is 6.86. The van der Waals surface area contributed by atoms with E-state index < -0.39 is 24.1 Å². The lowest BCUT2D eigenvalue weighted by atomic mass is 9.97. The smallest absolute Gasteiger partial charge is 0.163 e. The fourth-order valence-electron chi connectivity index (χ4n) is 4.09. The van der Waals surface area contributed by atoms with Gasteiger partial charge in [-0.15, -0.1) is 0 Å². The molecule has 0 bridgehead atoms. The van der Waals surface area contributed by atoms with Crippen LogP contribution in [0.1, 0.15) is 25.8 Å². The van der Waals surface area contributed by atoms with E-state index >= 15 is 0 Å². The van der Waals surface area contributed by atoms with Gasteiger partial charge >= 0.3 is 0 Å². The summed E-state index contributed by atoms with van der Waals surface area (Å²) in [5, 5.41) is 19.8. The van der Waals surface area contributed by atoms with Crippen LogP contribution < -0.4 is 0 Å². The van der Waals surface area contributed by atoms with Gasteiger partial charge in [0, 0.05) is 20.2 Å². The standard InChI is InChI=1S/C20H31NO6/c1-20(2)26-18(15(23)12-22)19(27-20)17-16(25-13-24-3)9-10-21(17)11-14-7-5-4-6-8-14/h4-8,15-19,22-23H,9-13H2,1-3H3/t15-,16-,17+,18+,19+/m1/s1. The second-order valence-corrected chi connectivity index (χ2v) is 7.66. The number of aliphatic hydroxyl groups excluding tert-OH is 2. The van der Waals surface area contributed by atoms with Gasteiger partial charge in [0.05, 0.1) is 18.8 Å². The van der Waals surface area contributed by atoms with Crippen LogP contribution in [0.4, 0.5) is 0 Å². The maximum absolute atomic E-state index is 10.3. The lowest BCUT2D eigenvalue weighted by molar-refractivity contribution is -0.164. The van der Waals surface area contributed by atoms with Crippen LogP contribution in [0.25, 0.3) is 0 Å². The molecule has 0 spiro atoms. The van der Waals surface area contributed by atoms with Gasteiger partial charge in [0.15, 0.2) is 5.79 Å². The van der Waals surface area contributed by atoms with Crippen LogP contribution in [0.5, 0.6) is 0 Å². The molecule has 2 aliphatic heterocycles. The van der Waals surface area contributed by atoms with Crippen LogP contribution in [0.2, 0.25) is 0 Å². The molecule has 7 nitrogen and oxygen atoms in total. The zero-order chi connectivity index (χ0) is 19.4. The Bertz CT molecular complexity index is 583. The predicted molar refractivity (Wildman–Crippen MR) is 98.9 cm³/mol. The number of likely N-dealkylation sites (tertiary alicyclic amines) is 1. The Morgan fingerprint density at radius 3 is 2.67 bits per heavy atom. The van der Waals surface area contributed by atoms with Gasteiger partial charge in [-0.05, 0) is 25.8 Å². The fourth-order valence-corrected chi connectivity index (χ4v) is 4.09. The molecule has 5 atom stereocenters. The Morgan fingerprint density at radius 1 is 1.26 bits per heavy atom. The number of rotatable bonds is 8. The number of hydrogen-bond acceptors (Lipinski definition) is 7. The van der Waals surface area contributed by atoms with E-state index in [1.807, 2.05) is 32.0 Å². The van der Waals surface area contributed by atoms with Crippen LogP contribution in [0.15, 0.2) is 30.3 Å². The number of nitrogens with zero attached hydrogens (tertiary/aromatic N) is 1. The molecule has 2 saturated heterocycles. The summed E-state index contributed by atoms with van der Waals surface area (Å²) in [6, 6.07) is 10.1. The molecule has 0 aliphatic carbocycles. The third kappa shape index (κ3) is 4.86. The van der Waals surface area contributed by atoms with Crippen LogP contribution in [-0.2, 0) is 25.5 Å². The van der Waals surface area contributed by atoms with Crippen molar-refractivity contribution in [1.29, 1.82) is 0 Å². The van der Waals surface area contributed by atoms with Crippen LogP contribution in [0.3, 0.4) is 0 Å². The largest absolute Gasteiger partial charge is 0.394 e. The summed E-state index contributed by atoms with van der Waals surface area (Å²) < 4.78 is 23.2. The molecular formula is C20H31NO6. The molecule has 0 saturated carbocycles. The quantitative estimate of drug-likeness (QED) is 0.653. The normalized spacial score (nSPS) is 32.0. The lowest BCUT2D eigenvalue weighted by Crippen LogP contribution is -2.52. The maximum atomic E-state index is 10.3. The highest BCUT2D eigenvalue weighted by Gasteiger charge is 2.53. The monoisotopic (exact) mass is 381 g/mol. The first-order valence-electron chi connectivity index (χ1n) is 9.48. The SMILES string of the molecule is COCO[C@@H]1CCN(Cc2ccccc2)[C@@H]1[C@@H]1OC(C)(C)O[C@H]1[C@H](O)CO. The van der Waals surface area contributed by atoms with Crippen molar-refractivity contribution in [3.63, 3.8) is 0 Å². The van der Waals surface area contributed by atoms with Gasteiger partial charge in [-0.2, -0.15) is 0 Å². The van der Waals surface area contributed by atoms with E-state index in [0.29, 0.717) is 0 Å². The van der Waals surface area contributed by atoms with Gasteiger partial charge in [-0.1, -0.05) is 30.3 Å². The van der Waals surface area contributed by atoms with E-state index in [-0.39, 0.29) is 25.5 Å². The van der Waals surface area contributed by atoms with Crippen LogP contribution in [0, 0.1) is 0 Å². The van der Waals surface area contributed by atoms with Crippen molar-refractivity contribution >= 4 is 0 Å². The summed E-state index contributed by atoms with van der Waals surface area (Å²) in [5.41, 5.74) is 1.20. The van der Waals surface area contributed by atoms with Crippen LogP contribution in [-0.4, -0.2) is 78.4 Å². The molecule has 2 fully saturated rings. The molecule has 0 radical (unpaired) electrons. The number of methoxy groups -OCH3 is 1. The van der Waals surface area contributed by atoms with Gasteiger partial charge in [0.25, 0.3) is 0 Å². The Balaban J connectivity index is 1.84. The average molecular weight is 381 g/mol. The van der Waals surface area contributed by atoms with Gasteiger partial charge in [-0.25, -0.2) is 0 Å². The first-order valence-corrected chi connectivity index (χ1v) is 9.48. The molecule has 2 aliphatic rings. The summed E-state index contributed by atoms with van der Waals surface area (Å²) in [4.78, 5) is 2.31. The minimum absolute atomic E-state index is 0.107. The Hall–Kier alpha value is -1.06. The molecule has 2 N–H and O–H groups in total. The molecule has 1 aromatic carbocycles. The van der Waals surface area contributed by atoms with Crippen molar-refractivity contribution < 1.29 is 29.2 Å². The maximum Gasteiger partial charge on any atom is 0.163 e. The molecule has 27 heavy (non-hydrogen) atoms. The number of ether oxygens (including phenoxy) is 4. The van der Waals surface area contributed by atoms with Gasteiger partial charge < -0.3 is 29.2 Å². The minimum Gasteiger partial charge on any atom is -0.394 e. The first kappa shape index (κ1) is 20.7. The highest BCUT2D eigenvalue weighted by Crippen LogP contribution is 2.38. The van der Waals surface area contributed by atoms with E-state index in [4.69, 9.17) is 18.9 Å². The van der Waals surface area contributed by atoms with E-state index in [0.717, 1.165) is 19.5 Å². The van der Waals surface area contributed by atoms with Gasteiger partial charge in [0.2, 0.25) is 0 Å². The summed E-state index contributed by atoms with van der Waals surface area (Å²) in [6.45, 7) is 5.06. The van der Waals surface area contributed by atoms with E-state index in [1.165, 1.54) is 5.56 Å². The molecule has 7 heteroatoms. The summed E-state index contributed by atoms with van der Waals surface area (Å²) in [5.74, 6) is -0.835. The zero-order valence-corrected chi connectivity index (χ0v) is 16.3. The van der Waals surface area contributed by atoms with Crippen molar-refractivity contribution in [1.82, 2.24) is 4.90 Å². The number of hydrogen-bond donors (Lipinski definition) is 2. The number of aliphatic hydroxyl groups is 2. The topological polar surface area (TPSA) is 80.6 Å². The predicted octanol–water partition coefficient (Wildman–Crippen LogP) is 1.12. The average Bonchev–Trinajstić information content (AvgIpc) is 3.19. The molecule has 0 unspecified atom stereocenters. The van der Waals surface area contributed by atoms with Crippen molar-refractivity contribution in [2.45, 2.75) is 63.1 Å². The lowest BCUT2D eigenvalue weighted by Gasteiger charge is -2.35. The summed E-state index contributed by atoms with van der Waals surface area (Å²) >= 11 is 0. The Morgan fingerprint density at radius 2 is 2.00 bits per heavy atom. The molecule has 152 valence electrons. The second-order valence-electron chi connectivity index (χ2n) is 7.66. The molecule has 0 aromatic heterocycles. The molecule has 3 rings (SSSR count). The highest BCUT2D eigenvalue weighted by atomic mass is 16.8. The van der Waals surface area contributed by atoms with E-state index in [2.05, 4.69) is 17.0 Å². The fraction of sp³-hybridized carbons (Fsp3) is 0.700. The Labute approximate surface area is 160 Å². The van der Waals surface area contributed by atoms with Crippen molar-refractivity contribution in [2.24, 2.45) is 0 Å². The summed E-state index contributed by atoms with van der Waals surface area (Å²) in [6.07, 6.45) is -1.33. The second kappa shape index (κ2) is 8.96. The van der Waals surface area contributed by atoms with Gasteiger partial charge in [-0.3, -0.25) is 4.90 Å². The van der Waals surface area contributed by atoms with Crippen molar-refractivity contribution in [2.75, 3.05) is 27.1 Å². The zero-order valence-electron chi connectivity index (χ0n) is 16.3. The van der Waals surface area contributed by atoms with Gasteiger partial charge in [0.1, 0.15) is 25.1 Å². The third-order valence-corrected chi connectivity index (χ3v) is 5.20. The molecule has 2 heterocycles. The highest BCUT2D eigenvalue weighted by molar-refractivity contribution is 5.15. The molecule has 0 amide bonds. The summed E-state index contributed by atoms with van der Waals surface area (Å²) in [7, 11) is 1.60. The van der Waals surface area contributed by atoms with Crippen molar-refractivity contribution in [3.05, 3.63) is 35.9 Å². The molecule has 1 aromatic rings. The van der Waals surface area contributed by atoms with Crippen molar-refractivity contribution in [3.8, 4) is 0 Å². The van der Waals surface area contributed by atoms with E-state index in [9.17, 15) is 10.2 Å². The number of benzene rings is 1. The third-order valence-electron chi connectivity index (χ3n) is 5.20. The molecular weight excluding hydrogens is 350 g/mol. The van der Waals surface area contributed by atoms with Crippen LogP contribution >= 0.6 is 0 Å². The minimum atomic E-state index is -1.01. The van der Waals surface area contributed by atoms with E-state index in [1.54, 1.807) is 7.11 Å². The first-order chi connectivity index (χ1) is 12.9.